The van der Waals surface area contributed by atoms with Crippen LogP contribution in [0.4, 0.5) is 10.1 Å². The van der Waals surface area contributed by atoms with E-state index in [9.17, 15) is 9.18 Å². The number of anilines is 1. The van der Waals surface area contributed by atoms with Crippen LogP contribution in [0.5, 0.6) is 0 Å². The molecule has 1 amide bonds. The monoisotopic (exact) mass is 396 g/mol. The zero-order valence-corrected chi connectivity index (χ0v) is 15.9. The summed E-state index contributed by atoms with van der Waals surface area (Å²) < 4.78 is 15.0. The topological polar surface area (TPSA) is 42.0 Å². The molecule has 1 heterocycles. The SMILES string of the molecule is Cc1ccc2nc(-c3ccc(NC(=O)c4c(F)cccc4Cl)cc3)sc2c1. The quantitative estimate of drug-likeness (QED) is 0.440. The molecule has 0 saturated carbocycles. The predicted octanol–water partition coefficient (Wildman–Crippen LogP) is 6.32. The van der Waals surface area contributed by atoms with Gasteiger partial charge < -0.3 is 5.32 Å². The van der Waals surface area contributed by atoms with E-state index in [0.29, 0.717) is 5.69 Å². The first kappa shape index (κ1) is 17.6. The van der Waals surface area contributed by atoms with Crippen molar-refractivity contribution in [3.05, 3.63) is 82.6 Å². The number of thiazole rings is 1. The standard InChI is InChI=1S/C21H14ClFN2OS/c1-12-5-10-17-18(11-12)27-21(25-17)13-6-8-14(9-7-13)24-20(26)19-15(22)3-2-4-16(19)23/h2-11H,1H3,(H,24,26). The number of hydrogen-bond acceptors (Lipinski definition) is 3. The molecule has 4 rings (SSSR count). The third-order valence-corrected chi connectivity index (χ3v) is 5.51. The number of rotatable bonds is 3. The normalized spacial score (nSPS) is 10.9. The molecule has 0 atom stereocenters. The second-order valence-electron chi connectivity index (χ2n) is 6.12. The van der Waals surface area contributed by atoms with Gasteiger partial charge in [0, 0.05) is 11.3 Å². The van der Waals surface area contributed by atoms with Gasteiger partial charge in [0.2, 0.25) is 0 Å². The summed E-state index contributed by atoms with van der Waals surface area (Å²) in [5.74, 6) is -1.23. The van der Waals surface area contributed by atoms with Crippen molar-refractivity contribution in [1.29, 1.82) is 0 Å². The number of nitrogens with one attached hydrogen (secondary N) is 1. The van der Waals surface area contributed by atoms with Crippen LogP contribution in [0.3, 0.4) is 0 Å². The van der Waals surface area contributed by atoms with E-state index in [1.807, 2.05) is 24.3 Å². The molecule has 0 aliphatic heterocycles. The van der Waals surface area contributed by atoms with Gasteiger partial charge in [0.1, 0.15) is 10.8 Å². The lowest BCUT2D eigenvalue weighted by Gasteiger charge is -2.08. The molecule has 3 aromatic carbocycles. The van der Waals surface area contributed by atoms with Crippen molar-refractivity contribution in [2.45, 2.75) is 6.92 Å². The Kier molecular flexibility index (Phi) is 4.64. The summed E-state index contributed by atoms with van der Waals surface area (Å²) in [6.45, 7) is 2.05. The second kappa shape index (κ2) is 7.10. The third-order valence-electron chi connectivity index (χ3n) is 4.12. The van der Waals surface area contributed by atoms with E-state index >= 15 is 0 Å². The Morgan fingerprint density at radius 3 is 2.63 bits per heavy atom. The minimum atomic E-state index is -0.651. The smallest absolute Gasteiger partial charge is 0.260 e. The lowest BCUT2D eigenvalue weighted by Crippen LogP contribution is -2.14. The zero-order chi connectivity index (χ0) is 19.0. The summed E-state index contributed by atoms with van der Waals surface area (Å²) in [5, 5.41) is 3.66. The summed E-state index contributed by atoms with van der Waals surface area (Å²) >= 11 is 7.56. The van der Waals surface area contributed by atoms with Crippen molar-refractivity contribution in [3.8, 4) is 10.6 Å². The highest BCUT2D eigenvalue weighted by Gasteiger charge is 2.16. The minimum Gasteiger partial charge on any atom is -0.322 e. The molecule has 6 heteroatoms. The van der Waals surface area contributed by atoms with E-state index in [1.165, 1.54) is 23.8 Å². The van der Waals surface area contributed by atoms with E-state index in [0.717, 1.165) is 20.8 Å². The summed E-state index contributed by atoms with van der Waals surface area (Å²) in [6, 6.07) is 17.6. The molecule has 1 N–H and O–H groups in total. The molecule has 0 aliphatic carbocycles. The maximum atomic E-state index is 13.9. The minimum absolute atomic E-state index is 0.0777. The predicted molar refractivity (Wildman–Crippen MR) is 109 cm³/mol. The summed E-state index contributed by atoms with van der Waals surface area (Å²) in [7, 11) is 0. The van der Waals surface area contributed by atoms with Crippen LogP contribution >= 0.6 is 22.9 Å². The summed E-state index contributed by atoms with van der Waals surface area (Å²) in [4.78, 5) is 17.0. The summed E-state index contributed by atoms with van der Waals surface area (Å²) in [5.41, 5.74) is 3.51. The van der Waals surface area contributed by atoms with Crippen molar-refractivity contribution in [2.24, 2.45) is 0 Å². The van der Waals surface area contributed by atoms with Gasteiger partial charge in [-0.2, -0.15) is 0 Å². The molecule has 3 nitrogen and oxygen atoms in total. The molecule has 0 aliphatic rings. The Bertz CT molecular complexity index is 1130. The van der Waals surface area contributed by atoms with Crippen LogP contribution in [0.2, 0.25) is 5.02 Å². The first-order chi connectivity index (χ1) is 13.0. The molecule has 134 valence electrons. The van der Waals surface area contributed by atoms with Crippen LogP contribution < -0.4 is 5.32 Å². The van der Waals surface area contributed by atoms with Gasteiger partial charge in [0.25, 0.3) is 5.91 Å². The van der Waals surface area contributed by atoms with Gasteiger partial charge in [-0.3, -0.25) is 4.79 Å². The molecule has 27 heavy (non-hydrogen) atoms. The maximum absolute atomic E-state index is 13.9. The van der Waals surface area contributed by atoms with Crippen LogP contribution in [0.1, 0.15) is 15.9 Å². The molecular formula is C21H14ClFN2OS. The van der Waals surface area contributed by atoms with Gasteiger partial charge in [-0.25, -0.2) is 9.37 Å². The number of fused-ring (bicyclic) bond motifs is 1. The lowest BCUT2D eigenvalue weighted by molar-refractivity contribution is 0.102. The zero-order valence-electron chi connectivity index (χ0n) is 14.3. The second-order valence-corrected chi connectivity index (χ2v) is 7.56. The Morgan fingerprint density at radius 1 is 1.11 bits per heavy atom. The highest BCUT2D eigenvalue weighted by atomic mass is 35.5. The number of hydrogen-bond donors (Lipinski definition) is 1. The Morgan fingerprint density at radius 2 is 1.89 bits per heavy atom. The number of amides is 1. The van der Waals surface area contributed by atoms with Gasteiger partial charge in [-0.05, 0) is 61.0 Å². The number of carbonyl (C=O) groups is 1. The van der Waals surface area contributed by atoms with Crippen LogP contribution in [0, 0.1) is 12.7 Å². The van der Waals surface area contributed by atoms with Crippen molar-refractivity contribution in [1.82, 2.24) is 4.98 Å². The first-order valence-electron chi connectivity index (χ1n) is 8.24. The van der Waals surface area contributed by atoms with Gasteiger partial charge in [-0.1, -0.05) is 23.7 Å². The van der Waals surface area contributed by atoms with E-state index < -0.39 is 11.7 Å². The molecule has 0 unspecified atom stereocenters. The Labute approximate surface area is 164 Å². The van der Waals surface area contributed by atoms with E-state index in [1.54, 1.807) is 23.5 Å². The molecule has 1 aromatic heterocycles. The van der Waals surface area contributed by atoms with Gasteiger partial charge in [0.15, 0.2) is 0 Å². The van der Waals surface area contributed by atoms with Crippen LogP contribution in [-0.4, -0.2) is 10.9 Å². The number of halogens is 2. The van der Waals surface area contributed by atoms with Crippen molar-refractivity contribution in [3.63, 3.8) is 0 Å². The van der Waals surface area contributed by atoms with E-state index in [-0.39, 0.29) is 10.6 Å². The highest BCUT2D eigenvalue weighted by molar-refractivity contribution is 7.21. The van der Waals surface area contributed by atoms with Gasteiger partial charge >= 0.3 is 0 Å². The molecule has 0 saturated heterocycles. The molecule has 0 fully saturated rings. The van der Waals surface area contributed by atoms with E-state index in [2.05, 4.69) is 23.3 Å². The highest BCUT2D eigenvalue weighted by Crippen LogP contribution is 2.31. The molecule has 0 radical (unpaired) electrons. The van der Waals surface area contributed by atoms with Crippen molar-refractivity contribution >= 4 is 44.7 Å². The number of aromatic nitrogens is 1. The average Bonchev–Trinajstić information content (AvgIpc) is 3.05. The number of carbonyl (C=O) groups excluding carboxylic acids is 1. The molecule has 0 bridgehead atoms. The summed E-state index contributed by atoms with van der Waals surface area (Å²) in [6.07, 6.45) is 0. The largest absolute Gasteiger partial charge is 0.322 e. The fourth-order valence-corrected chi connectivity index (χ4v) is 4.08. The van der Waals surface area contributed by atoms with Crippen LogP contribution in [0.25, 0.3) is 20.8 Å². The molecule has 0 spiro atoms. The third kappa shape index (κ3) is 3.56. The number of nitrogens with zero attached hydrogens (tertiary/aromatic N) is 1. The van der Waals surface area contributed by atoms with Crippen molar-refractivity contribution < 1.29 is 9.18 Å². The number of benzene rings is 3. The van der Waals surface area contributed by atoms with Crippen molar-refractivity contribution in [2.75, 3.05) is 5.32 Å². The first-order valence-corrected chi connectivity index (χ1v) is 9.44. The Hall–Kier alpha value is -2.76. The van der Waals surface area contributed by atoms with Crippen LogP contribution in [0.15, 0.2) is 60.7 Å². The lowest BCUT2D eigenvalue weighted by atomic mass is 10.1. The molecule has 4 aromatic rings. The molecular weight excluding hydrogens is 383 g/mol. The Balaban J connectivity index is 1.57. The number of aryl methyl sites for hydroxylation is 1. The van der Waals surface area contributed by atoms with Crippen LogP contribution in [-0.2, 0) is 0 Å². The fourth-order valence-electron chi connectivity index (χ4n) is 2.76. The fraction of sp³-hybridized carbons (Fsp3) is 0.0476. The van der Waals surface area contributed by atoms with Gasteiger partial charge in [-0.15, -0.1) is 11.3 Å². The maximum Gasteiger partial charge on any atom is 0.260 e. The van der Waals surface area contributed by atoms with Gasteiger partial charge in [0.05, 0.1) is 20.8 Å². The van der Waals surface area contributed by atoms with E-state index in [4.69, 9.17) is 11.6 Å². The average molecular weight is 397 g/mol.